The standard InChI is InChI=1S/C18H24N4O2/c1-2-21-15-16(14-19-21)18(23)22(17-6-4-3-5-7-17)9-8-20-10-12-24-13-11-20/h3-7,14-15H,2,8-13H2,1H3. The Morgan fingerprint density at radius 3 is 2.67 bits per heavy atom. The summed E-state index contributed by atoms with van der Waals surface area (Å²) in [5, 5.41) is 4.22. The summed E-state index contributed by atoms with van der Waals surface area (Å²) < 4.78 is 7.17. The highest BCUT2D eigenvalue weighted by Gasteiger charge is 2.20. The van der Waals surface area contributed by atoms with E-state index in [-0.39, 0.29) is 5.91 Å². The van der Waals surface area contributed by atoms with E-state index in [9.17, 15) is 4.79 Å². The minimum atomic E-state index is -0.00541. The molecule has 1 amide bonds. The molecule has 0 unspecified atom stereocenters. The largest absolute Gasteiger partial charge is 0.379 e. The average molecular weight is 328 g/mol. The molecule has 1 aliphatic heterocycles. The summed E-state index contributed by atoms with van der Waals surface area (Å²) in [4.78, 5) is 17.2. The molecule has 1 aromatic carbocycles. The molecule has 1 aromatic heterocycles. The van der Waals surface area contributed by atoms with E-state index in [4.69, 9.17) is 4.74 Å². The molecule has 0 radical (unpaired) electrons. The van der Waals surface area contributed by atoms with Gasteiger partial charge in [0, 0.05) is 44.6 Å². The number of carbonyl (C=O) groups excluding carboxylic acids is 1. The van der Waals surface area contributed by atoms with Crippen LogP contribution in [0.25, 0.3) is 0 Å². The maximum absolute atomic E-state index is 13.0. The molecule has 0 spiro atoms. The topological polar surface area (TPSA) is 50.6 Å². The van der Waals surface area contributed by atoms with Crippen LogP contribution >= 0.6 is 0 Å². The number of nitrogens with zero attached hydrogens (tertiary/aromatic N) is 4. The molecule has 1 aliphatic rings. The van der Waals surface area contributed by atoms with Crippen LogP contribution in [0, 0.1) is 0 Å². The third-order valence-corrected chi connectivity index (χ3v) is 4.26. The second-order valence-corrected chi connectivity index (χ2v) is 5.83. The van der Waals surface area contributed by atoms with E-state index in [0.29, 0.717) is 12.1 Å². The van der Waals surface area contributed by atoms with Crippen molar-refractivity contribution in [3.63, 3.8) is 0 Å². The number of rotatable bonds is 6. The van der Waals surface area contributed by atoms with E-state index < -0.39 is 0 Å². The van der Waals surface area contributed by atoms with Gasteiger partial charge >= 0.3 is 0 Å². The molecule has 24 heavy (non-hydrogen) atoms. The minimum Gasteiger partial charge on any atom is -0.379 e. The Kier molecular flexibility index (Phi) is 5.61. The molecule has 2 aromatic rings. The van der Waals surface area contributed by atoms with Crippen LogP contribution in [0.4, 0.5) is 5.69 Å². The number of morpholine rings is 1. The first-order valence-electron chi connectivity index (χ1n) is 8.47. The predicted octanol–water partition coefficient (Wildman–Crippen LogP) is 1.88. The molecule has 0 aliphatic carbocycles. The van der Waals surface area contributed by atoms with Gasteiger partial charge in [-0.25, -0.2) is 0 Å². The van der Waals surface area contributed by atoms with Gasteiger partial charge in [-0.15, -0.1) is 0 Å². The number of aromatic nitrogens is 2. The molecule has 1 saturated heterocycles. The van der Waals surface area contributed by atoms with Crippen molar-refractivity contribution in [3.8, 4) is 0 Å². The monoisotopic (exact) mass is 328 g/mol. The zero-order valence-electron chi connectivity index (χ0n) is 14.1. The van der Waals surface area contributed by atoms with Crippen LogP contribution in [0.2, 0.25) is 0 Å². The number of hydrogen-bond donors (Lipinski definition) is 0. The number of amides is 1. The molecule has 0 saturated carbocycles. The second-order valence-electron chi connectivity index (χ2n) is 5.83. The molecule has 6 heteroatoms. The van der Waals surface area contributed by atoms with Gasteiger partial charge in [-0.05, 0) is 19.1 Å². The summed E-state index contributed by atoms with van der Waals surface area (Å²) >= 11 is 0. The summed E-state index contributed by atoms with van der Waals surface area (Å²) in [6, 6.07) is 9.83. The van der Waals surface area contributed by atoms with Crippen molar-refractivity contribution in [1.29, 1.82) is 0 Å². The first-order chi connectivity index (χ1) is 11.8. The Bertz CT molecular complexity index is 650. The van der Waals surface area contributed by atoms with E-state index in [1.54, 1.807) is 10.9 Å². The third-order valence-electron chi connectivity index (χ3n) is 4.26. The lowest BCUT2D eigenvalue weighted by Crippen LogP contribution is -2.43. The molecule has 3 rings (SSSR count). The first kappa shape index (κ1) is 16.7. The number of aryl methyl sites for hydroxylation is 1. The Morgan fingerprint density at radius 2 is 2.00 bits per heavy atom. The number of carbonyl (C=O) groups is 1. The fraction of sp³-hybridized carbons (Fsp3) is 0.444. The molecule has 128 valence electrons. The van der Waals surface area contributed by atoms with Crippen LogP contribution in [0.5, 0.6) is 0 Å². The lowest BCUT2D eigenvalue weighted by atomic mass is 10.2. The Balaban J connectivity index is 1.75. The van der Waals surface area contributed by atoms with Crippen LogP contribution in [0.3, 0.4) is 0 Å². The Hall–Kier alpha value is -2.18. The molecule has 0 N–H and O–H groups in total. The SMILES string of the molecule is CCn1cc(C(=O)N(CCN2CCOCC2)c2ccccc2)cn1. The molecule has 0 bridgehead atoms. The molecule has 0 atom stereocenters. The van der Waals surface area contributed by atoms with Gasteiger partial charge in [0.2, 0.25) is 0 Å². The van der Waals surface area contributed by atoms with Crippen molar-refractivity contribution < 1.29 is 9.53 Å². The molecule has 1 fully saturated rings. The lowest BCUT2D eigenvalue weighted by molar-refractivity contribution is 0.0391. The van der Waals surface area contributed by atoms with Crippen LogP contribution in [-0.4, -0.2) is 60.0 Å². The van der Waals surface area contributed by atoms with Gasteiger partial charge in [0.05, 0.1) is 25.0 Å². The van der Waals surface area contributed by atoms with Gasteiger partial charge in [0.1, 0.15) is 0 Å². The van der Waals surface area contributed by atoms with E-state index in [0.717, 1.165) is 45.1 Å². The van der Waals surface area contributed by atoms with Gasteiger partial charge in [-0.3, -0.25) is 14.4 Å². The number of para-hydroxylation sites is 1. The van der Waals surface area contributed by atoms with Gasteiger partial charge in [0.15, 0.2) is 0 Å². The lowest BCUT2D eigenvalue weighted by Gasteiger charge is -2.30. The third kappa shape index (κ3) is 4.01. The summed E-state index contributed by atoms with van der Waals surface area (Å²) in [6.07, 6.45) is 3.46. The summed E-state index contributed by atoms with van der Waals surface area (Å²) in [6.45, 7) is 7.63. The number of anilines is 1. The maximum Gasteiger partial charge on any atom is 0.261 e. The Labute approximate surface area is 142 Å². The van der Waals surface area contributed by atoms with E-state index in [2.05, 4.69) is 10.00 Å². The average Bonchev–Trinajstić information content (AvgIpc) is 3.13. The molecule has 6 nitrogen and oxygen atoms in total. The van der Waals surface area contributed by atoms with Crippen LogP contribution in [0.15, 0.2) is 42.7 Å². The van der Waals surface area contributed by atoms with Gasteiger partial charge < -0.3 is 9.64 Å². The summed E-state index contributed by atoms with van der Waals surface area (Å²) in [5.74, 6) is -0.00541. The highest BCUT2D eigenvalue weighted by Crippen LogP contribution is 2.17. The molecule has 2 heterocycles. The van der Waals surface area contributed by atoms with Crippen LogP contribution in [-0.2, 0) is 11.3 Å². The fourth-order valence-electron chi connectivity index (χ4n) is 2.82. The van der Waals surface area contributed by atoms with E-state index in [1.807, 2.05) is 48.4 Å². The smallest absolute Gasteiger partial charge is 0.261 e. The summed E-state index contributed by atoms with van der Waals surface area (Å²) in [7, 11) is 0. The van der Waals surface area contributed by atoms with Crippen molar-refractivity contribution in [1.82, 2.24) is 14.7 Å². The minimum absolute atomic E-state index is 0.00541. The summed E-state index contributed by atoms with van der Waals surface area (Å²) in [5.41, 5.74) is 1.54. The number of hydrogen-bond acceptors (Lipinski definition) is 4. The first-order valence-corrected chi connectivity index (χ1v) is 8.47. The number of benzene rings is 1. The van der Waals surface area contributed by atoms with Crippen molar-refractivity contribution in [3.05, 3.63) is 48.3 Å². The van der Waals surface area contributed by atoms with Gasteiger partial charge in [0.25, 0.3) is 5.91 Å². The van der Waals surface area contributed by atoms with Crippen molar-refractivity contribution >= 4 is 11.6 Å². The normalized spacial score (nSPS) is 15.4. The van der Waals surface area contributed by atoms with Crippen molar-refractivity contribution in [2.45, 2.75) is 13.5 Å². The fourth-order valence-corrected chi connectivity index (χ4v) is 2.82. The molecular weight excluding hydrogens is 304 g/mol. The van der Waals surface area contributed by atoms with Crippen molar-refractivity contribution in [2.75, 3.05) is 44.3 Å². The zero-order valence-corrected chi connectivity index (χ0v) is 14.1. The second kappa shape index (κ2) is 8.08. The van der Waals surface area contributed by atoms with Crippen LogP contribution < -0.4 is 4.90 Å². The maximum atomic E-state index is 13.0. The van der Waals surface area contributed by atoms with Gasteiger partial charge in [-0.2, -0.15) is 5.10 Å². The zero-order chi connectivity index (χ0) is 16.8. The quantitative estimate of drug-likeness (QED) is 0.812. The van der Waals surface area contributed by atoms with E-state index >= 15 is 0 Å². The molecular formula is C18H24N4O2. The van der Waals surface area contributed by atoms with E-state index in [1.165, 1.54) is 0 Å². The predicted molar refractivity (Wildman–Crippen MR) is 93.3 cm³/mol. The Morgan fingerprint density at radius 1 is 1.25 bits per heavy atom. The van der Waals surface area contributed by atoms with Gasteiger partial charge in [-0.1, -0.05) is 18.2 Å². The highest BCUT2D eigenvalue weighted by atomic mass is 16.5. The van der Waals surface area contributed by atoms with Crippen molar-refractivity contribution in [2.24, 2.45) is 0 Å². The highest BCUT2D eigenvalue weighted by molar-refractivity contribution is 6.05. The number of ether oxygens (including phenoxy) is 1. The van der Waals surface area contributed by atoms with Crippen LogP contribution in [0.1, 0.15) is 17.3 Å².